The third-order valence-corrected chi connectivity index (χ3v) is 4.71. The van der Waals surface area contributed by atoms with Crippen molar-refractivity contribution in [2.45, 2.75) is 33.1 Å². The van der Waals surface area contributed by atoms with Crippen molar-refractivity contribution < 1.29 is 13.7 Å². The molecule has 0 unspecified atom stereocenters. The minimum atomic E-state index is -0.409. The van der Waals surface area contributed by atoms with Gasteiger partial charge in [-0.05, 0) is 43.4 Å². The van der Waals surface area contributed by atoms with E-state index in [-0.39, 0.29) is 5.91 Å². The van der Waals surface area contributed by atoms with E-state index < -0.39 is 5.63 Å². The fraction of sp³-hybridized carbons (Fsp3) is 0.316. The highest BCUT2D eigenvalue weighted by molar-refractivity contribution is 6.04. The first-order valence-electron chi connectivity index (χ1n) is 8.34. The van der Waals surface area contributed by atoms with Crippen LogP contribution >= 0.6 is 0 Å². The van der Waals surface area contributed by atoms with Gasteiger partial charge in [-0.25, -0.2) is 4.79 Å². The molecule has 128 valence electrons. The van der Waals surface area contributed by atoms with Crippen molar-refractivity contribution in [2.75, 3.05) is 5.32 Å². The molecule has 25 heavy (non-hydrogen) atoms. The Labute approximate surface area is 143 Å². The summed E-state index contributed by atoms with van der Waals surface area (Å²) < 4.78 is 10.5. The Morgan fingerprint density at radius 2 is 2.16 bits per heavy atom. The summed E-state index contributed by atoms with van der Waals surface area (Å²) in [4.78, 5) is 24.1. The molecule has 2 heterocycles. The first-order valence-corrected chi connectivity index (χ1v) is 8.34. The molecule has 1 amide bonds. The van der Waals surface area contributed by atoms with Crippen LogP contribution in [-0.2, 0) is 12.8 Å². The van der Waals surface area contributed by atoms with Gasteiger partial charge >= 0.3 is 5.63 Å². The van der Waals surface area contributed by atoms with Gasteiger partial charge in [0, 0.05) is 35.2 Å². The van der Waals surface area contributed by atoms with Crippen molar-refractivity contribution >= 4 is 22.6 Å². The molecule has 1 aromatic carbocycles. The van der Waals surface area contributed by atoms with Gasteiger partial charge in [0.2, 0.25) is 0 Å². The Bertz CT molecular complexity index is 1030. The molecule has 6 nitrogen and oxygen atoms in total. The largest absolute Gasteiger partial charge is 0.423 e. The first kappa shape index (κ1) is 15.6. The van der Waals surface area contributed by atoms with E-state index in [9.17, 15) is 9.59 Å². The number of rotatable bonds is 2. The summed E-state index contributed by atoms with van der Waals surface area (Å²) >= 11 is 0. The van der Waals surface area contributed by atoms with Gasteiger partial charge in [-0.1, -0.05) is 12.1 Å². The summed E-state index contributed by atoms with van der Waals surface area (Å²) in [6, 6.07) is 6.70. The predicted molar refractivity (Wildman–Crippen MR) is 92.9 cm³/mol. The number of anilines is 1. The molecule has 4 rings (SSSR count). The molecule has 0 aliphatic heterocycles. The van der Waals surface area contributed by atoms with Gasteiger partial charge in [0.15, 0.2) is 5.69 Å². The molecule has 1 atom stereocenters. The number of amides is 1. The van der Waals surface area contributed by atoms with Crippen molar-refractivity contribution in [1.82, 2.24) is 5.16 Å². The molecule has 1 aliphatic rings. The van der Waals surface area contributed by atoms with E-state index in [4.69, 9.17) is 8.94 Å². The SMILES string of the molecule is Cc1cc(=O)oc2cc(NC(=O)c3noc4c3C[C@H](C)CC4)ccc12. The number of nitrogens with zero attached hydrogens (tertiary/aromatic N) is 1. The zero-order chi connectivity index (χ0) is 17.6. The maximum Gasteiger partial charge on any atom is 0.336 e. The van der Waals surface area contributed by atoms with E-state index in [2.05, 4.69) is 17.4 Å². The van der Waals surface area contributed by atoms with Crippen molar-refractivity contribution in [1.29, 1.82) is 0 Å². The minimum absolute atomic E-state index is 0.312. The van der Waals surface area contributed by atoms with E-state index in [1.165, 1.54) is 6.07 Å². The standard InChI is InChI=1S/C19H18N2O4/c1-10-3-6-15-14(7-10)18(21-25-15)19(23)20-12-4-5-13-11(2)8-17(22)24-16(13)9-12/h4-5,8-10H,3,6-7H2,1-2H3,(H,20,23)/t10-/m1/s1. The highest BCUT2D eigenvalue weighted by Gasteiger charge is 2.27. The molecule has 6 heteroatoms. The second-order valence-electron chi connectivity index (χ2n) is 6.69. The van der Waals surface area contributed by atoms with Crippen LogP contribution in [0.3, 0.4) is 0 Å². The van der Waals surface area contributed by atoms with E-state index in [1.807, 2.05) is 13.0 Å². The number of aryl methyl sites for hydroxylation is 2. The summed E-state index contributed by atoms with van der Waals surface area (Å²) in [6.45, 7) is 4.01. The van der Waals surface area contributed by atoms with Crippen molar-refractivity contribution in [3.8, 4) is 0 Å². The quantitative estimate of drug-likeness (QED) is 0.723. The van der Waals surface area contributed by atoms with Crippen LogP contribution in [0.2, 0.25) is 0 Å². The van der Waals surface area contributed by atoms with Gasteiger partial charge in [0.1, 0.15) is 11.3 Å². The highest BCUT2D eigenvalue weighted by atomic mass is 16.5. The Morgan fingerprint density at radius 3 is 3.00 bits per heavy atom. The van der Waals surface area contributed by atoms with Gasteiger partial charge in [0.25, 0.3) is 5.91 Å². The molecule has 0 spiro atoms. The van der Waals surface area contributed by atoms with Crippen LogP contribution in [0.15, 0.2) is 38.0 Å². The lowest BCUT2D eigenvalue weighted by Crippen LogP contribution is -2.17. The smallest absolute Gasteiger partial charge is 0.336 e. The number of aromatic nitrogens is 1. The summed E-state index contributed by atoms with van der Waals surface area (Å²) in [5.74, 6) is 1.01. The maximum absolute atomic E-state index is 12.6. The molecule has 2 aromatic heterocycles. The number of hydrogen-bond acceptors (Lipinski definition) is 5. The number of carbonyl (C=O) groups is 1. The number of carbonyl (C=O) groups excluding carboxylic acids is 1. The van der Waals surface area contributed by atoms with Crippen LogP contribution in [-0.4, -0.2) is 11.1 Å². The Balaban J connectivity index is 1.64. The normalized spacial score (nSPS) is 16.6. The first-order chi connectivity index (χ1) is 12.0. The van der Waals surface area contributed by atoms with Gasteiger partial charge in [-0.2, -0.15) is 0 Å². The van der Waals surface area contributed by atoms with E-state index in [0.717, 1.165) is 41.5 Å². The van der Waals surface area contributed by atoms with Gasteiger partial charge in [-0.3, -0.25) is 4.79 Å². The van der Waals surface area contributed by atoms with E-state index in [1.54, 1.807) is 12.1 Å². The van der Waals surface area contributed by atoms with Crippen LogP contribution in [0.25, 0.3) is 11.0 Å². The Hall–Kier alpha value is -2.89. The second kappa shape index (κ2) is 5.88. The summed E-state index contributed by atoms with van der Waals surface area (Å²) in [5.41, 5.74) is 2.66. The monoisotopic (exact) mass is 338 g/mol. The third-order valence-electron chi connectivity index (χ3n) is 4.71. The highest BCUT2D eigenvalue weighted by Crippen LogP contribution is 2.28. The molecular weight excluding hydrogens is 320 g/mol. The Morgan fingerprint density at radius 1 is 1.32 bits per heavy atom. The topological polar surface area (TPSA) is 85.3 Å². The maximum atomic E-state index is 12.6. The van der Waals surface area contributed by atoms with Gasteiger partial charge in [0.05, 0.1) is 0 Å². The van der Waals surface area contributed by atoms with Crippen LogP contribution in [0.4, 0.5) is 5.69 Å². The molecule has 0 saturated carbocycles. The molecule has 1 N–H and O–H groups in total. The Kier molecular flexibility index (Phi) is 3.67. The van der Waals surface area contributed by atoms with Crippen molar-refractivity contribution in [3.63, 3.8) is 0 Å². The van der Waals surface area contributed by atoms with E-state index in [0.29, 0.717) is 22.9 Å². The average Bonchev–Trinajstić information content (AvgIpc) is 2.97. The van der Waals surface area contributed by atoms with Crippen LogP contribution in [0.1, 0.15) is 40.7 Å². The van der Waals surface area contributed by atoms with Crippen molar-refractivity contribution in [3.05, 3.63) is 57.3 Å². The number of hydrogen-bond donors (Lipinski definition) is 1. The molecule has 1 aliphatic carbocycles. The summed E-state index contributed by atoms with van der Waals surface area (Å²) in [6.07, 6.45) is 2.66. The lowest BCUT2D eigenvalue weighted by atomic mass is 9.88. The number of nitrogens with one attached hydrogen (secondary N) is 1. The van der Waals surface area contributed by atoms with Gasteiger partial charge in [-0.15, -0.1) is 0 Å². The fourth-order valence-electron chi connectivity index (χ4n) is 3.35. The number of fused-ring (bicyclic) bond motifs is 2. The zero-order valence-electron chi connectivity index (χ0n) is 14.1. The van der Waals surface area contributed by atoms with Crippen LogP contribution < -0.4 is 10.9 Å². The molecule has 0 fully saturated rings. The lowest BCUT2D eigenvalue weighted by molar-refractivity contribution is 0.101. The average molecular weight is 338 g/mol. The molecule has 0 radical (unpaired) electrons. The lowest BCUT2D eigenvalue weighted by Gasteiger charge is -2.16. The van der Waals surface area contributed by atoms with Gasteiger partial charge < -0.3 is 14.3 Å². The summed E-state index contributed by atoms with van der Waals surface area (Å²) in [5, 5.41) is 7.61. The second-order valence-corrected chi connectivity index (χ2v) is 6.69. The van der Waals surface area contributed by atoms with E-state index >= 15 is 0 Å². The number of benzene rings is 1. The zero-order valence-corrected chi connectivity index (χ0v) is 14.1. The third kappa shape index (κ3) is 2.84. The molecule has 0 saturated heterocycles. The predicted octanol–water partition coefficient (Wildman–Crippen LogP) is 3.47. The van der Waals surface area contributed by atoms with Crippen LogP contribution in [0.5, 0.6) is 0 Å². The summed E-state index contributed by atoms with van der Waals surface area (Å²) in [7, 11) is 0. The molecule has 3 aromatic rings. The van der Waals surface area contributed by atoms with Crippen LogP contribution in [0, 0.1) is 12.8 Å². The fourth-order valence-corrected chi connectivity index (χ4v) is 3.35. The minimum Gasteiger partial charge on any atom is -0.423 e. The van der Waals surface area contributed by atoms with Crippen molar-refractivity contribution in [2.24, 2.45) is 5.92 Å². The molecular formula is C19H18N2O4. The molecule has 0 bridgehead atoms.